The molecule has 0 unspecified atom stereocenters. The first-order chi connectivity index (χ1) is 7.04. The molecule has 0 atom stereocenters. The van der Waals surface area contributed by atoms with Gasteiger partial charge in [0.2, 0.25) is 0 Å². The highest BCUT2D eigenvalue weighted by Gasteiger charge is 2.06. The lowest BCUT2D eigenvalue weighted by Gasteiger charge is -2.21. The standard InChI is InChI=1S/C12H20N2O/c1-9(2)7-14(4)12-6-5-11(8-15)10(3)13-12/h5-6,9,15H,7-8H2,1-4H3. The molecule has 0 saturated carbocycles. The number of anilines is 1. The monoisotopic (exact) mass is 208 g/mol. The van der Waals surface area contributed by atoms with Gasteiger partial charge in [-0.05, 0) is 24.5 Å². The molecule has 1 aromatic heterocycles. The minimum atomic E-state index is 0.0625. The predicted molar refractivity (Wildman–Crippen MR) is 63.0 cm³/mol. The average Bonchev–Trinajstić information content (AvgIpc) is 2.16. The highest BCUT2D eigenvalue weighted by Crippen LogP contribution is 2.14. The maximum Gasteiger partial charge on any atom is 0.128 e. The van der Waals surface area contributed by atoms with Crippen molar-refractivity contribution < 1.29 is 5.11 Å². The zero-order valence-electron chi connectivity index (χ0n) is 9.99. The maximum atomic E-state index is 9.04. The second-order valence-corrected chi connectivity index (χ2v) is 4.35. The lowest BCUT2D eigenvalue weighted by Crippen LogP contribution is -2.23. The zero-order valence-corrected chi connectivity index (χ0v) is 9.99. The van der Waals surface area contributed by atoms with Crippen LogP contribution in [0.3, 0.4) is 0 Å². The van der Waals surface area contributed by atoms with Gasteiger partial charge in [0.1, 0.15) is 5.82 Å². The van der Waals surface area contributed by atoms with Crippen molar-refractivity contribution in [3.8, 4) is 0 Å². The fourth-order valence-electron chi connectivity index (χ4n) is 1.60. The second-order valence-electron chi connectivity index (χ2n) is 4.35. The number of rotatable bonds is 4. The molecule has 3 nitrogen and oxygen atoms in total. The summed E-state index contributed by atoms with van der Waals surface area (Å²) in [6.45, 7) is 7.35. The highest BCUT2D eigenvalue weighted by atomic mass is 16.3. The van der Waals surface area contributed by atoms with Crippen LogP contribution in [0, 0.1) is 12.8 Å². The van der Waals surface area contributed by atoms with Gasteiger partial charge < -0.3 is 10.0 Å². The molecule has 1 heterocycles. The van der Waals surface area contributed by atoms with E-state index in [1.54, 1.807) is 0 Å². The predicted octanol–water partition coefficient (Wildman–Crippen LogP) is 1.97. The van der Waals surface area contributed by atoms with Crippen LogP contribution in [0.15, 0.2) is 12.1 Å². The number of aliphatic hydroxyl groups excluding tert-OH is 1. The Kier molecular flexibility index (Phi) is 4.09. The van der Waals surface area contributed by atoms with Gasteiger partial charge in [-0.2, -0.15) is 0 Å². The molecule has 0 aliphatic carbocycles. The zero-order chi connectivity index (χ0) is 11.4. The van der Waals surface area contributed by atoms with Gasteiger partial charge in [0.25, 0.3) is 0 Å². The van der Waals surface area contributed by atoms with E-state index in [4.69, 9.17) is 5.11 Å². The van der Waals surface area contributed by atoms with Crippen LogP contribution in [0.1, 0.15) is 25.1 Å². The van der Waals surface area contributed by atoms with Crippen molar-refractivity contribution in [2.24, 2.45) is 5.92 Å². The molecule has 84 valence electrons. The van der Waals surface area contributed by atoms with E-state index in [9.17, 15) is 0 Å². The Morgan fingerprint density at radius 3 is 2.53 bits per heavy atom. The fourth-order valence-corrected chi connectivity index (χ4v) is 1.60. The molecule has 0 radical (unpaired) electrons. The molecule has 0 spiro atoms. The summed E-state index contributed by atoms with van der Waals surface area (Å²) in [5.41, 5.74) is 1.81. The first-order valence-corrected chi connectivity index (χ1v) is 5.33. The van der Waals surface area contributed by atoms with Crippen molar-refractivity contribution in [2.45, 2.75) is 27.4 Å². The summed E-state index contributed by atoms with van der Waals surface area (Å²) < 4.78 is 0. The molecule has 3 heteroatoms. The van der Waals surface area contributed by atoms with Gasteiger partial charge in [-0.15, -0.1) is 0 Å². The van der Waals surface area contributed by atoms with Crippen LogP contribution < -0.4 is 4.90 Å². The Morgan fingerprint density at radius 2 is 2.07 bits per heavy atom. The number of aryl methyl sites for hydroxylation is 1. The third-order valence-electron chi connectivity index (χ3n) is 2.38. The number of hydrogen-bond acceptors (Lipinski definition) is 3. The van der Waals surface area contributed by atoms with Gasteiger partial charge >= 0.3 is 0 Å². The van der Waals surface area contributed by atoms with E-state index in [2.05, 4.69) is 23.7 Å². The number of pyridine rings is 1. The van der Waals surface area contributed by atoms with Gasteiger partial charge in [0, 0.05) is 19.3 Å². The molecular formula is C12H20N2O. The van der Waals surface area contributed by atoms with Gasteiger partial charge in [0.05, 0.1) is 6.61 Å². The minimum absolute atomic E-state index is 0.0625. The summed E-state index contributed by atoms with van der Waals surface area (Å²) in [7, 11) is 2.04. The van der Waals surface area contributed by atoms with Crippen LogP contribution in [0.25, 0.3) is 0 Å². The van der Waals surface area contributed by atoms with Crippen LogP contribution in [0.4, 0.5) is 5.82 Å². The molecule has 1 aromatic rings. The summed E-state index contributed by atoms with van der Waals surface area (Å²) in [5.74, 6) is 1.59. The van der Waals surface area contributed by atoms with Crippen molar-refractivity contribution in [1.29, 1.82) is 0 Å². The number of aromatic nitrogens is 1. The maximum absolute atomic E-state index is 9.04. The first kappa shape index (κ1) is 12.0. The molecule has 0 aliphatic rings. The Hall–Kier alpha value is -1.09. The van der Waals surface area contributed by atoms with E-state index in [0.717, 1.165) is 23.6 Å². The third-order valence-corrected chi connectivity index (χ3v) is 2.38. The molecule has 0 fully saturated rings. The van der Waals surface area contributed by atoms with E-state index >= 15 is 0 Å². The highest BCUT2D eigenvalue weighted by molar-refractivity contribution is 5.40. The van der Waals surface area contributed by atoms with Crippen LogP contribution in [0.2, 0.25) is 0 Å². The van der Waals surface area contributed by atoms with Crippen LogP contribution >= 0.6 is 0 Å². The van der Waals surface area contributed by atoms with Crippen LogP contribution in [-0.4, -0.2) is 23.7 Å². The summed E-state index contributed by atoms with van der Waals surface area (Å²) in [6, 6.07) is 3.90. The number of hydrogen-bond donors (Lipinski definition) is 1. The van der Waals surface area contributed by atoms with Crippen molar-refractivity contribution >= 4 is 5.82 Å². The average molecular weight is 208 g/mol. The number of aliphatic hydroxyl groups is 1. The van der Waals surface area contributed by atoms with E-state index in [0.29, 0.717) is 5.92 Å². The van der Waals surface area contributed by atoms with E-state index < -0.39 is 0 Å². The first-order valence-electron chi connectivity index (χ1n) is 5.33. The third kappa shape index (κ3) is 3.20. The normalized spacial score (nSPS) is 10.8. The van der Waals surface area contributed by atoms with E-state index in [-0.39, 0.29) is 6.61 Å². The fraction of sp³-hybridized carbons (Fsp3) is 0.583. The van der Waals surface area contributed by atoms with E-state index in [1.165, 1.54) is 0 Å². The molecular weight excluding hydrogens is 188 g/mol. The number of nitrogens with zero attached hydrogens (tertiary/aromatic N) is 2. The summed E-state index contributed by atoms with van der Waals surface area (Å²) >= 11 is 0. The SMILES string of the molecule is Cc1nc(N(C)CC(C)C)ccc1CO. The summed E-state index contributed by atoms with van der Waals surface area (Å²) in [6.07, 6.45) is 0. The molecule has 0 amide bonds. The Labute approximate surface area is 91.8 Å². The largest absolute Gasteiger partial charge is 0.392 e. The Balaban J connectivity index is 2.82. The van der Waals surface area contributed by atoms with Crippen molar-refractivity contribution in [2.75, 3.05) is 18.5 Å². The van der Waals surface area contributed by atoms with Gasteiger partial charge in [0.15, 0.2) is 0 Å². The molecule has 1 N–H and O–H groups in total. The lowest BCUT2D eigenvalue weighted by molar-refractivity contribution is 0.280. The quantitative estimate of drug-likeness (QED) is 0.822. The lowest BCUT2D eigenvalue weighted by atomic mass is 10.2. The Bertz CT molecular complexity index is 323. The molecule has 1 rings (SSSR count). The van der Waals surface area contributed by atoms with E-state index in [1.807, 2.05) is 26.1 Å². The molecule has 15 heavy (non-hydrogen) atoms. The molecule has 0 saturated heterocycles. The smallest absolute Gasteiger partial charge is 0.128 e. The molecule has 0 aliphatic heterocycles. The van der Waals surface area contributed by atoms with Crippen molar-refractivity contribution in [3.63, 3.8) is 0 Å². The van der Waals surface area contributed by atoms with Gasteiger partial charge in [-0.1, -0.05) is 19.9 Å². The minimum Gasteiger partial charge on any atom is -0.392 e. The van der Waals surface area contributed by atoms with Gasteiger partial charge in [-0.25, -0.2) is 4.98 Å². The topological polar surface area (TPSA) is 36.4 Å². The van der Waals surface area contributed by atoms with Crippen LogP contribution in [-0.2, 0) is 6.61 Å². The van der Waals surface area contributed by atoms with Crippen molar-refractivity contribution in [1.82, 2.24) is 4.98 Å². The van der Waals surface area contributed by atoms with Gasteiger partial charge in [-0.3, -0.25) is 0 Å². The summed E-state index contributed by atoms with van der Waals surface area (Å²) in [4.78, 5) is 6.60. The second kappa shape index (κ2) is 5.12. The summed E-state index contributed by atoms with van der Waals surface area (Å²) in [5, 5.41) is 9.04. The van der Waals surface area contributed by atoms with Crippen molar-refractivity contribution in [3.05, 3.63) is 23.4 Å². The Morgan fingerprint density at radius 1 is 1.40 bits per heavy atom. The van der Waals surface area contributed by atoms with Crippen LogP contribution in [0.5, 0.6) is 0 Å². The molecule has 0 aromatic carbocycles. The molecule has 0 bridgehead atoms.